The van der Waals surface area contributed by atoms with Gasteiger partial charge in [0.1, 0.15) is 17.9 Å². The molecule has 2 unspecified atom stereocenters. The lowest BCUT2D eigenvalue weighted by atomic mass is 10.0. The molecule has 0 spiro atoms. The molecule has 0 heterocycles. The number of carbonyl (C=O) groups is 1. The van der Waals surface area contributed by atoms with Crippen molar-refractivity contribution >= 4 is 5.97 Å². The normalized spacial score (nSPS) is 12.9. The fraction of sp³-hybridized carbons (Fsp3) is 0.458. The zero-order valence-corrected chi connectivity index (χ0v) is 18.1. The summed E-state index contributed by atoms with van der Waals surface area (Å²) in [5, 5.41) is 14.0. The van der Waals surface area contributed by atoms with Crippen LogP contribution >= 0.6 is 0 Å². The number of aryl methyl sites for hydroxylation is 1. The lowest BCUT2D eigenvalue weighted by molar-refractivity contribution is 0.0591. The summed E-state index contributed by atoms with van der Waals surface area (Å²) < 4.78 is 15.8. The molecule has 0 bridgehead atoms. The molecule has 2 aromatic rings. The van der Waals surface area contributed by atoms with Crippen LogP contribution in [0.25, 0.3) is 0 Å². The Morgan fingerprint density at radius 3 is 2.60 bits per heavy atom. The molecule has 2 atom stereocenters. The number of esters is 1. The smallest absolute Gasteiger partial charge is 0.341 e. The van der Waals surface area contributed by atoms with Crippen molar-refractivity contribution in [2.45, 2.75) is 38.8 Å². The van der Waals surface area contributed by atoms with Gasteiger partial charge in [-0.3, -0.25) is 0 Å². The van der Waals surface area contributed by atoms with Gasteiger partial charge in [-0.2, -0.15) is 0 Å². The van der Waals surface area contributed by atoms with Crippen LogP contribution in [-0.4, -0.2) is 50.6 Å². The summed E-state index contributed by atoms with van der Waals surface area (Å²) in [7, 11) is 1.32. The minimum Gasteiger partial charge on any atom is -0.490 e. The van der Waals surface area contributed by atoms with Crippen molar-refractivity contribution in [3.63, 3.8) is 0 Å². The van der Waals surface area contributed by atoms with E-state index in [2.05, 4.69) is 24.4 Å². The first-order chi connectivity index (χ1) is 14.5. The van der Waals surface area contributed by atoms with Crippen LogP contribution in [0, 0.1) is 0 Å². The summed E-state index contributed by atoms with van der Waals surface area (Å²) in [6, 6.07) is 15.7. The van der Waals surface area contributed by atoms with Gasteiger partial charge in [-0.25, -0.2) is 4.79 Å². The van der Waals surface area contributed by atoms with Crippen LogP contribution in [0.3, 0.4) is 0 Å². The van der Waals surface area contributed by atoms with Crippen LogP contribution in [0.2, 0.25) is 0 Å². The highest BCUT2D eigenvalue weighted by Crippen LogP contribution is 2.24. The van der Waals surface area contributed by atoms with Gasteiger partial charge in [0, 0.05) is 19.2 Å². The number of ether oxygens (including phenoxy) is 3. The fourth-order valence-electron chi connectivity index (χ4n) is 3.07. The van der Waals surface area contributed by atoms with Crippen molar-refractivity contribution in [3.8, 4) is 5.75 Å². The Kier molecular flexibility index (Phi) is 10.3. The summed E-state index contributed by atoms with van der Waals surface area (Å²) in [6.07, 6.45) is 1.20. The van der Waals surface area contributed by atoms with Gasteiger partial charge < -0.3 is 24.6 Å². The van der Waals surface area contributed by atoms with E-state index in [1.165, 1.54) is 12.7 Å². The lowest BCUT2D eigenvalue weighted by Gasteiger charge is -2.19. The molecular weight excluding hydrogens is 382 g/mol. The second-order valence-corrected chi connectivity index (χ2v) is 7.14. The molecule has 0 aliphatic carbocycles. The molecule has 2 aromatic carbocycles. The number of aliphatic hydroxyl groups excluding tert-OH is 1. The van der Waals surface area contributed by atoms with Gasteiger partial charge in [-0.15, -0.1) is 0 Å². The number of hydrogen-bond donors (Lipinski definition) is 2. The number of methoxy groups -OCH3 is 1. The predicted octanol–water partition coefficient (Wildman–Crippen LogP) is 3.53. The Labute approximate surface area is 179 Å². The summed E-state index contributed by atoms with van der Waals surface area (Å²) in [5.74, 6) is -0.0821. The van der Waals surface area contributed by atoms with Gasteiger partial charge in [-0.1, -0.05) is 36.4 Å². The van der Waals surface area contributed by atoms with E-state index in [1.807, 2.05) is 25.1 Å². The quantitative estimate of drug-likeness (QED) is 0.385. The van der Waals surface area contributed by atoms with E-state index in [4.69, 9.17) is 14.2 Å². The highest BCUT2D eigenvalue weighted by atomic mass is 16.5. The molecule has 6 heteroatoms. The Bertz CT molecular complexity index is 765. The van der Waals surface area contributed by atoms with Gasteiger partial charge in [0.2, 0.25) is 0 Å². The molecule has 0 fully saturated rings. The number of benzene rings is 2. The molecule has 164 valence electrons. The van der Waals surface area contributed by atoms with E-state index < -0.39 is 12.1 Å². The third-order valence-electron chi connectivity index (χ3n) is 4.85. The van der Waals surface area contributed by atoms with Gasteiger partial charge in [-0.05, 0) is 49.9 Å². The maximum absolute atomic E-state index is 12.2. The number of carbonyl (C=O) groups excluding carboxylic acids is 1. The van der Waals surface area contributed by atoms with Gasteiger partial charge in [0.25, 0.3) is 0 Å². The first-order valence-corrected chi connectivity index (χ1v) is 10.4. The van der Waals surface area contributed by atoms with Crippen molar-refractivity contribution in [2.75, 3.05) is 33.5 Å². The third-order valence-corrected chi connectivity index (χ3v) is 4.85. The van der Waals surface area contributed by atoms with Gasteiger partial charge >= 0.3 is 5.97 Å². The Morgan fingerprint density at radius 2 is 1.90 bits per heavy atom. The minimum atomic E-state index is -0.745. The van der Waals surface area contributed by atoms with E-state index in [1.54, 1.807) is 18.2 Å². The lowest BCUT2D eigenvalue weighted by Crippen LogP contribution is -2.30. The molecule has 0 aromatic heterocycles. The molecular formula is C24H33NO5. The van der Waals surface area contributed by atoms with Crippen LogP contribution in [0.15, 0.2) is 48.5 Å². The maximum Gasteiger partial charge on any atom is 0.341 e. The highest BCUT2D eigenvalue weighted by Gasteiger charge is 2.18. The standard InChI is InChI=1S/C24H33NO5/c1-4-29-14-15-30-23-13-12-20(16-21(23)24(27)28-3)22(26)17-25-18(2)10-11-19-8-6-5-7-9-19/h5-9,12-13,16,18,22,25-26H,4,10-11,14-15,17H2,1-3H3. The minimum absolute atomic E-state index is 0.251. The van der Waals surface area contributed by atoms with Gasteiger partial charge in [0.15, 0.2) is 0 Å². The first kappa shape index (κ1) is 23.9. The molecule has 2 N–H and O–H groups in total. The summed E-state index contributed by atoms with van der Waals surface area (Å²) in [6.45, 7) is 5.78. The molecule has 30 heavy (non-hydrogen) atoms. The molecule has 6 nitrogen and oxygen atoms in total. The highest BCUT2D eigenvalue weighted by molar-refractivity contribution is 5.92. The average molecular weight is 416 g/mol. The zero-order chi connectivity index (χ0) is 21.8. The number of aliphatic hydroxyl groups is 1. The maximum atomic E-state index is 12.2. The number of rotatable bonds is 13. The van der Waals surface area contributed by atoms with E-state index in [9.17, 15) is 9.90 Å². The first-order valence-electron chi connectivity index (χ1n) is 10.4. The SMILES string of the molecule is CCOCCOc1ccc(C(O)CNC(C)CCc2ccccc2)cc1C(=O)OC. The molecule has 0 saturated heterocycles. The summed E-state index contributed by atoms with van der Waals surface area (Å²) >= 11 is 0. The monoisotopic (exact) mass is 415 g/mol. The van der Waals surface area contributed by atoms with E-state index in [-0.39, 0.29) is 6.04 Å². The Balaban J connectivity index is 1.92. The van der Waals surface area contributed by atoms with E-state index in [0.29, 0.717) is 43.2 Å². The van der Waals surface area contributed by atoms with Crippen molar-refractivity contribution in [3.05, 3.63) is 65.2 Å². The van der Waals surface area contributed by atoms with Crippen LogP contribution in [-0.2, 0) is 15.9 Å². The third kappa shape index (κ3) is 7.78. The van der Waals surface area contributed by atoms with Crippen LogP contribution in [0.1, 0.15) is 47.9 Å². The topological polar surface area (TPSA) is 77.0 Å². The van der Waals surface area contributed by atoms with Crippen molar-refractivity contribution in [1.29, 1.82) is 0 Å². The molecule has 0 amide bonds. The van der Waals surface area contributed by atoms with Crippen LogP contribution in [0.5, 0.6) is 5.75 Å². The largest absolute Gasteiger partial charge is 0.490 e. The molecule has 2 rings (SSSR count). The average Bonchev–Trinajstić information content (AvgIpc) is 2.79. The van der Waals surface area contributed by atoms with Crippen molar-refractivity contribution in [1.82, 2.24) is 5.32 Å². The molecule has 0 saturated carbocycles. The molecule has 0 aliphatic heterocycles. The second-order valence-electron chi connectivity index (χ2n) is 7.14. The van der Waals surface area contributed by atoms with E-state index in [0.717, 1.165) is 12.8 Å². The van der Waals surface area contributed by atoms with Crippen molar-refractivity contribution < 1.29 is 24.1 Å². The Morgan fingerprint density at radius 1 is 1.13 bits per heavy atom. The van der Waals surface area contributed by atoms with Crippen LogP contribution in [0.4, 0.5) is 0 Å². The predicted molar refractivity (Wildman–Crippen MR) is 117 cm³/mol. The number of hydrogen-bond acceptors (Lipinski definition) is 6. The number of nitrogens with one attached hydrogen (secondary N) is 1. The van der Waals surface area contributed by atoms with Crippen LogP contribution < -0.4 is 10.1 Å². The zero-order valence-electron chi connectivity index (χ0n) is 18.1. The summed E-state index contributed by atoms with van der Waals surface area (Å²) in [4.78, 5) is 12.2. The van der Waals surface area contributed by atoms with E-state index >= 15 is 0 Å². The summed E-state index contributed by atoms with van der Waals surface area (Å²) in [5.41, 5.74) is 2.23. The second kappa shape index (κ2) is 13.0. The van der Waals surface area contributed by atoms with Gasteiger partial charge in [0.05, 0.1) is 19.8 Å². The Hall–Kier alpha value is -2.41. The van der Waals surface area contributed by atoms with Crippen molar-refractivity contribution in [2.24, 2.45) is 0 Å². The molecule has 0 aliphatic rings. The fourth-order valence-corrected chi connectivity index (χ4v) is 3.07. The molecule has 0 radical (unpaired) electrons.